The van der Waals surface area contributed by atoms with Crippen LogP contribution < -0.4 is 16.0 Å². The van der Waals surface area contributed by atoms with E-state index >= 15 is 0 Å². The molecule has 0 unspecified atom stereocenters. The number of amides is 6. The minimum atomic E-state index is -0.593. The van der Waals surface area contributed by atoms with E-state index in [1.165, 1.54) is 0 Å². The van der Waals surface area contributed by atoms with Crippen LogP contribution in [0.25, 0.3) is 11.1 Å². The second-order valence-corrected chi connectivity index (χ2v) is 26.0. The third-order valence-corrected chi connectivity index (χ3v) is 20.1. The summed E-state index contributed by atoms with van der Waals surface area (Å²) in [6, 6.07) is 32.9. The Balaban J connectivity index is 0.878. The highest BCUT2D eigenvalue weighted by molar-refractivity contribution is 5.99. The molecule has 2 heterocycles. The fraction of sp³-hybridized carbons (Fsp3) is 0.562. The summed E-state index contributed by atoms with van der Waals surface area (Å²) in [5.74, 6) is -1.09. The molecule has 0 aromatic heterocycles. The van der Waals surface area contributed by atoms with Crippen molar-refractivity contribution in [2.24, 2.45) is 35.5 Å². The number of carbonyl (C=O) groups is 8. The lowest BCUT2D eigenvalue weighted by Gasteiger charge is -2.38. The summed E-state index contributed by atoms with van der Waals surface area (Å²) in [6.07, 6.45) is 13.9. The van der Waals surface area contributed by atoms with Crippen LogP contribution in [0, 0.1) is 35.5 Å². The van der Waals surface area contributed by atoms with Gasteiger partial charge in [-0.25, -0.2) is 0 Å². The van der Waals surface area contributed by atoms with Crippen LogP contribution in [0.5, 0.6) is 0 Å². The number of carbonyl (C=O) groups excluding carboxylic acids is 8. The lowest BCUT2D eigenvalue weighted by molar-refractivity contribution is -0.143. The molecule has 4 fully saturated rings. The molecule has 8 rings (SSSR count). The summed E-state index contributed by atoms with van der Waals surface area (Å²) in [5.41, 5.74) is 4.70. The minimum absolute atomic E-state index is 0.0160. The molecule has 0 spiro atoms. The highest BCUT2D eigenvalue weighted by atomic mass is 16.2. The van der Waals surface area contributed by atoms with E-state index in [1.54, 1.807) is 36.2 Å². The topological polar surface area (TPSA) is 186 Å². The number of Topliss-reactive ketones (excluding diaryl/α,β-unsaturated/α-hetero) is 2. The molecule has 474 valence electrons. The molecule has 4 aromatic carbocycles. The predicted octanol–water partition coefficient (Wildman–Crippen LogP) is 10.5. The van der Waals surface area contributed by atoms with E-state index in [0.29, 0.717) is 69.7 Å². The fourth-order valence-corrected chi connectivity index (χ4v) is 13.8. The van der Waals surface area contributed by atoms with E-state index in [0.717, 1.165) is 99.3 Å². The number of rotatable bonds is 29. The van der Waals surface area contributed by atoms with Crippen LogP contribution in [0.15, 0.2) is 109 Å². The van der Waals surface area contributed by atoms with E-state index in [4.69, 9.17) is 0 Å². The average Bonchev–Trinajstić information content (AvgIpc) is 3.28. The van der Waals surface area contributed by atoms with Gasteiger partial charge in [0.05, 0.1) is 24.7 Å². The van der Waals surface area contributed by atoms with Gasteiger partial charge in [-0.15, -0.1) is 0 Å². The fourth-order valence-electron chi connectivity index (χ4n) is 13.8. The monoisotopic (exact) mass is 1200 g/mol. The molecular formula is C73H99N7O8. The standard InChI is InChI=1S/C73H99N7O8/c1-7-50(2)70(85)76-69(60-26-18-11-19-27-60)73(88)80-45-39-52(4)64(80)48-77(42-40-54-20-12-8-13-21-54)67(83)37-36-65(81)59-32-28-56(29-33-59)57-30-34-61(35-31-57)71(86)75-47-68(84)78(43-41-55-22-14-9-15-23-55)49-63-51(3)38-44-79(63)72(87)62(46-66(82)53(5)74-6)58-24-16-10-17-25-58/h8-9,12-15,20-23,28-35,50-53,58,60,62-64,69,74H,7,10-11,16-19,24-27,36-49H2,1-6H3,(H,75,86)(H,76,85)/t50-,51+,52+,53+,62+,63-,64-,69+/m1/s1. The highest BCUT2D eigenvalue weighted by Crippen LogP contribution is 2.37. The van der Waals surface area contributed by atoms with Gasteiger partial charge in [0.2, 0.25) is 29.5 Å². The maximum Gasteiger partial charge on any atom is 0.251 e. The maximum atomic E-state index is 14.7. The Hall–Kier alpha value is -7.00. The van der Waals surface area contributed by atoms with Gasteiger partial charge in [0.25, 0.3) is 5.91 Å². The van der Waals surface area contributed by atoms with Crippen LogP contribution in [0.3, 0.4) is 0 Å². The Bertz CT molecular complexity index is 2750. The smallest absolute Gasteiger partial charge is 0.251 e. The molecule has 4 aromatic rings. The predicted molar refractivity (Wildman–Crippen MR) is 346 cm³/mol. The lowest BCUT2D eigenvalue weighted by Crippen LogP contribution is -2.56. The van der Waals surface area contributed by atoms with Gasteiger partial charge in [-0.2, -0.15) is 0 Å². The van der Waals surface area contributed by atoms with E-state index < -0.39 is 17.9 Å². The van der Waals surface area contributed by atoms with Gasteiger partial charge in [0.1, 0.15) is 11.8 Å². The lowest BCUT2D eigenvalue weighted by atomic mass is 9.76. The van der Waals surface area contributed by atoms with E-state index in [1.807, 2.05) is 120 Å². The van der Waals surface area contributed by atoms with Crippen molar-refractivity contribution in [3.05, 3.63) is 131 Å². The maximum absolute atomic E-state index is 14.7. The molecule has 2 aliphatic heterocycles. The second kappa shape index (κ2) is 33.0. The summed E-state index contributed by atoms with van der Waals surface area (Å²) < 4.78 is 0. The first-order chi connectivity index (χ1) is 42.5. The Labute approximate surface area is 523 Å². The number of hydrogen-bond acceptors (Lipinski definition) is 9. The summed E-state index contributed by atoms with van der Waals surface area (Å²) in [6.45, 7) is 12.4. The zero-order chi connectivity index (χ0) is 62.7. The van der Waals surface area contributed by atoms with Crippen LogP contribution in [0.4, 0.5) is 0 Å². The molecule has 88 heavy (non-hydrogen) atoms. The zero-order valence-electron chi connectivity index (χ0n) is 53.4. The second-order valence-electron chi connectivity index (χ2n) is 26.0. The van der Waals surface area contributed by atoms with Gasteiger partial charge in [0.15, 0.2) is 5.78 Å². The number of likely N-dealkylation sites (N-methyl/N-ethyl adjacent to an activating group) is 1. The quantitative estimate of drug-likeness (QED) is 0.0445. The minimum Gasteiger partial charge on any atom is -0.344 e. The first-order valence-corrected chi connectivity index (χ1v) is 33.3. The molecule has 8 atom stereocenters. The van der Waals surface area contributed by atoms with Crippen molar-refractivity contribution in [1.29, 1.82) is 0 Å². The SMILES string of the molecule is CC[C@@H](C)C(=O)N[C@H](C(=O)N1CC[C@H](C)[C@H]1CN(CCc1ccccc1)C(=O)CCC(=O)c1ccc(-c2ccc(C(=O)NCC(=O)N(CCc3ccccc3)C[C@@H]3[C@@H](C)CCN3C(=O)[C@@H](CC(=O)[C@H](C)NC)C3CCCCC3)cc2)cc1)C1CCCCC1. The van der Waals surface area contributed by atoms with Gasteiger partial charge in [-0.05, 0) is 130 Å². The van der Waals surface area contributed by atoms with Crippen molar-refractivity contribution in [2.75, 3.05) is 52.9 Å². The average molecular weight is 1200 g/mol. The van der Waals surface area contributed by atoms with Crippen molar-refractivity contribution in [2.45, 2.75) is 174 Å². The normalized spacial score (nSPS) is 20.3. The van der Waals surface area contributed by atoms with Crippen LogP contribution in [-0.4, -0.2) is 144 Å². The molecule has 4 aliphatic rings. The highest BCUT2D eigenvalue weighted by Gasteiger charge is 2.44. The van der Waals surface area contributed by atoms with Crippen molar-refractivity contribution in [3.63, 3.8) is 0 Å². The first-order valence-electron chi connectivity index (χ1n) is 33.3. The summed E-state index contributed by atoms with van der Waals surface area (Å²) >= 11 is 0. The molecule has 3 N–H and O–H groups in total. The van der Waals surface area contributed by atoms with Crippen molar-refractivity contribution in [1.82, 2.24) is 35.6 Å². The Morgan fingerprint density at radius 3 is 1.57 bits per heavy atom. The van der Waals surface area contributed by atoms with E-state index in [9.17, 15) is 38.4 Å². The summed E-state index contributed by atoms with van der Waals surface area (Å²) in [5, 5.41) is 9.13. The molecule has 15 nitrogen and oxygen atoms in total. The Kier molecular flexibility index (Phi) is 25.1. The molecule has 15 heteroatoms. The molecule has 2 aliphatic carbocycles. The number of likely N-dealkylation sites (tertiary alicyclic amines) is 2. The molecule has 0 bridgehead atoms. The van der Waals surface area contributed by atoms with Crippen LogP contribution in [0.2, 0.25) is 0 Å². The largest absolute Gasteiger partial charge is 0.344 e. The van der Waals surface area contributed by atoms with Crippen molar-refractivity contribution >= 4 is 47.0 Å². The van der Waals surface area contributed by atoms with Gasteiger partial charge in [-0.3, -0.25) is 38.4 Å². The Morgan fingerprint density at radius 1 is 0.568 bits per heavy atom. The number of benzene rings is 4. The molecular weight excluding hydrogens is 1100 g/mol. The number of nitrogens with one attached hydrogen (secondary N) is 3. The molecule has 2 saturated heterocycles. The third kappa shape index (κ3) is 18.1. The van der Waals surface area contributed by atoms with Gasteiger partial charge in [-0.1, -0.05) is 163 Å². The number of ketones is 2. The molecule has 2 saturated carbocycles. The van der Waals surface area contributed by atoms with Crippen LogP contribution in [0.1, 0.15) is 169 Å². The first kappa shape index (κ1) is 66.9. The third-order valence-electron chi connectivity index (χ3n) is 20.1. The summed E-state index contributed by atoms with van der Waals surface area (Å²) in [7, 11) is 1.77. The van der Waals surface area contributed by atoms with Crippen LogP contribution >= 0.6 is 0 Å². The van der Waals surface area contributed by atoms with Crippen LogP contribution in [-0.2, 0) is 41.6 Å². The van der Waals surface area contributed by atoms with Gasteiger partial charge in [0, 0.05) is 81.5 Å². The van der Waals surface area contributed by atoms with E-state index in [2.05, 4.69) is 29.8 Å². The van der Waals surface area contributed by atoms with Gasteiger partial charge < -0.3 is 35.6 Å². The zero-order valence-corrected chi connectivity index (χ0v) is 53.4. The molecule has 0 radical (unpaired) electrons. The Morgan fingerprint density at radius 2 is 1.06 bits per heavy atom. The van der Waals surface area contributed by atoms with Crippen molar-refractivity contribution < 1.29 is 38.4 Å². The van der Waals surface area contributed by atoms with Crippen molar-refractivity contribution in [3.8, 4) is 11.1 Å². The molecule has 6 amide bonds. The number of nitrogens with zero attached hydrogens (tertiary/aromatic N) is 4. The van der Waals surface area contributed by atoms with Gasteiger partial charge >= 0.3 is 0 Å². The van der Waals surface area contributed by atoms with E-state index in [-0.39, 0.29) is 115 Å². The number of hydrogen-bond donors (Lipinski definition) is 3. The summed E-state index contributed by atoms with van der Waals surface area (Å²) in [4.78, 5) is 120.